The van der Waals surface area contributed by atoms with E-state index in [-0.39, 0.29) is 10.5 Å². The molecule has 0 saturated carbocycles. The van der Waals surface area contributed by atoms with Crippen molar-refractivity contribution in [2.45, 2.75) is 4.90 Å². The number of H-pyrrole nitrogens is 1. The Hall–Kier alpha value is -2.41. The van der Waals surface area contributed by atoms with E-state index >= 15 is 0 Å². The van der Waals surface area contributed by atoms with Gasteiger partial charge in [-0.15, -0.1) is 0 Å². The van der Waals surface area contributed by atoms with Gasteiger partial charge in [0.05, 0.1) is 17.7 Å². The van der Waals surface area contributed by atoms with Gasteiger partial charge in [0.1, 0.15) is 5.75 Å². The summed E-state index contributed by atoms with van der Waals surface area (Å²) in [4.78, 5) is 11.1. The molecule has 7 heteroatoms. The molecule has 0 spiro atoms. The lowest BCUT2D eigenvalue weighted by atomic mass is 10.1. The van der Waals surface area contributed by atoms with Gasteiger partial charge in [-0.2, -0.15) is 5.10 Å². The molecule has 0 unspecified atom stereocenters. The van der Waals surface area contributed by atoms with Gasteiger partial charge in [-0.3, -0.25) is 4.79 Å². The topological polar surface area (TPSA) is 89.1 Å². The molecule has 1 N–H and O–H groups in total. The van der Waals surface area contributed by atoms with E-state index in [1.165, 1.54) is 25.3 Å². The number of hydrogen-bond donors (Lipinski definition) is 1. The van der Waals surface area contributed by atoms with E-state index in [1.807, 2.05) is 0 Å². The van der Waals surface area contributed by atoms with Gasteiger partial charge in [-0.1, -0.05) is 6.07 Å². The molecule has 0 aliphatic heterocycles. The zero-order valence-electron chi connectivity index (χ0n) is 11.5. The number of nitrogens with one attached hydrogen (secondary N) is 1. The van der Waals surface area contributed by atoms with Crippen molar-refractivity contribution in [3.63, 3.8) is 0 Å². The summed E-state index contributed by atoms with van der Waals surface area (Å²) in [6, 6.07) is 7.68. The maximum atomic E-state index is 11.8. The first-order valence-electron chi connectivity index (χ1n) is 6.02. The largest absolute Gasteiger partial charge is 0.496 e. The summed E-state index contributed by atoms with van der Waals surface area (Å²) in [5.41, 5.74) is 0.636. The third kappa shape index (κ3) is 3.57. The molecule has 0 aliphatic rings. The van der Waals surface area contributed by atoms with Crippen LogP contribution in [0.1, 0.15) is 11.3 Å². The number of aromatic amines is 1. The van der Waals surface area contributed by atoms with Crippen LogP contribution in [0.3, 0.4) is 0 Å². The van der Waals surface area contributed by atoms with E-state index in [1.54, 1.807) is 24.3 Å². The van der Waals surface area contributed by atoms with Crippen molar-refractivity contribution < 1.29 is 13.2 Å². The number of methoxy groups -OCH3 is 1. The molecule has 2 aromatic rings. The van der Waals surface area contributed by atoms with Crippen LogP contribution in [0, 0.1) is 0 Å². The van der Waals surface area contributed by atoms with Crippen LogP contribution in [-0.2, 0) is 9.84 Å². The van der Waals surface area contributed by atoms with Gasteiger partial charge in [-0.05, 0) is 30.4 Å². The van der Waals surface area contributed by atoms with Crippen LogP contribution in [0.5, 0.6) is 5.75 Å². The molecule has 1 aromatic heterocycles. The third-order valence-electron chi connectivity index (χ3n) is 2.77. The molecule has 0 fully saturated rings. The molecule has 0 atom stereocenters. The first-order valence-corrected chi connectivity index (χ1v) is 7.92. The fraction of sp³-hybridized carbons (Fsp3) is 0.143. The van der Waals surface area contributed by atoms with Crippen LogP contribution in [0.2, 0.25) is 0 Å². The number of benzene rings is 1. The smallest absolute Gasteiger partial charge is 0.264 e. The molecule has 6 nitrogen and oxygen atoms in total. The van der Waals surface area contributed by atoms with Gasteiger partial charge >= 0.3 is 0 Å². The number of rotatable bonds is 4. The fourth-order valence-electron chi connectivity index (χ4n) is 1.81. The zero-order chi connectivity index (χ0) is 15.5. The average Bonchev–Trinajstić information content (AvgIpc) is 2.45. The van der Waals surface area contributed by atoms with Gasteiger partial charge in [0.15, 0.2) is 9.84 Å². The number of ether oxygens (including phenoxy) is 1. The summed E-state index contributed by atoms with van der Waals surface area (Å²) in [5.74, 6) is 0.443. The zero-order valence-corrected chi connectivity index (χ0v) is 12.3. The van der Waals surface area contributed by atoms with Crippen molar-refractivity contribution in [1.82, 2.24) is 10.2 Å². The number of nitrogens with zero attached hydrogens (tertiary/aromatic N) is 1. The van der Waals surface area contributed by atoms with Crippen molar-refractivity contribution in [1.29, 1.82) is 0 Å². The standard InChI is InChI=1S/C14H14N2O4S/c1-20-12-4-3-5-13(21(2,18)19)11(12)8-6-10-7-9-14(17)16-15-10/h3-9H,1-2H3,(H,16,17). The molecule has 0 saturated heterocycles. The van der Waals surface area contributed by atoms with Gasteiger partial charge in [0, 0.05) is 17.9 Å². The Morgan fingerprint density at radius 3 is 2.52 bits per heavy atom. The summed E-state index contributed by atoms with van der Waals surface area (Å²) < 4.78 is 28.8. The molecule has 110 valence electrons. The Labute approximate surface area is 122 Å². The quantitative estimate of drug-likeness (QED) is 0.921. The molecule has 0 aliphatic carbocycles. The molecule has 0 radical (unpaired) electrons. The van der Waals surface area contributed by atoms with E-state index < -0.39 is 9.84 Å². The van der Waals surface area contributed by atoms with E-state index in [2.05, 4.69) is 10.2 Å². The van der Waals surface area contributed by atoms with Gasteiger partial charge in [-0.25, -0.2) is 13.5 Å². The summed E-state index contributed by atoms with van der Waals surface area (Å²) in [7, 11) is -1.92. The van der Waals surface area contributed by atoms with Crippen LogP contribution in [0.4, 0.5) is 0 Å². The highest BCUT2D eigenvalue weighted by atomic mass is 32.2. The predicted molar refractivity (Wildman–Crippen MR) is 79.9 cm³/mol. The minimum absolute atomic E-state index is 0.169. The molecule has 1 aromatic carbocycles. The lowest BCUT2D eigenvalue weighted by Gasteiger charge is -2.09. The molecule has 21 heavy (non-hydrogen) atoms. The minimum Gasteiger partial charge on any atom is -0.496 e. The van der Waals surface area contributed by atoms with Crippen LogP contribution < -0.4 is 10.3 Å². The molecule has 0 bridgehead atoms. The Morgan fingerprint density at radius 2 is 1.95 bits per heavy atom. The lowest BCUT2D eigenvalue weighted by Crippen LogP contribution is -2.05. The van der Waals surface area contributed by atoms with Crippen LogP contribution in [-0.4, -0.2) is 32.0 Å². The highest BCUT2D eigenvalue weighted by Gasteiger charge is 2.15. The first-order chi connectivity index (χ1) is 9.91. The van der Waals surface area contributed by atoms with Crippen molar-refractivity contribution in [3.8, 4) is 5.75 Å². The molecular formula is C14H14N2O4S. The first kappa shape index (κ1) is 15.0. The Bertz CT molecular complexity index is 818. The van der Waals surface area contributed by atoms with Crippen molar-refractivity contribution in [3.05, 3.63) is 51.9 Å². The summed E-state index contributed by atoms with van der Waals surface area (Å²) in [6.07, 6.45) is 4.33. The summed E-state index contributed by atoms with van der Waals surface area (Å²) >= 11 is 0. The van der Waals surface area contributed by atoms with Crippen LogP contribution in [0.25, 0.3) is 12.2 Å². The lowest BCUT2D eigenvalue weighted by molar-refractivity contribution is 0.412. The minimum atomic E-state index is -3.39. The van der Waals surface area contributed by atoms with Crippen molar-refractivity contribution in [2.24, 2.45) is 0 Å². The normalized spacial score (nSPS) is 11.7. The van der Waals surface area contributed by atoms with Crippen LogP contribution in [0.15, 0.2) is 40.0 Å². The SMILES string of the molecule is COc1cccc(S(C)(=O)=O)c1C=Cc1ccc(=O)[nH]n1. The van der Waals surface area contributed by atoms with Gasteiger partial charge in [0.2, 0.25) is 0 Å². The van der Waals surface area contributed by atoms with Crippen molar-refractivity contribution >= 4 is 22.0 Å². The monoisotopic (exact) mass is 306 g/mol. The van der Waals surface area contributed by atoms with Gasteiger partial charge < -0.3 is 4.74 Å². The fourth-order valence-corrected chi connectivity index (χ4v) is 2.70. The molecule has 0 amide bonds. The maximum Gasteiger partial charge on any atom is 0.264 e. The summed E-state index contributed by atoms with van der Waals surface area (Å²) in [6.45, 7) is 0. The molecule has 2 rings (SSSR count). The second-order valence-corrected chi connectivity index (χ2v) is 6.31. The second-order valence-electron chi connectivity index (χ2n) is 4.32. The number of sulfone groups is 1. The van der Waals surface area contributed by atoms with E-state index in [9.17, 15) is 13.2 Å². The highest BCUT2D eigenvalue weighted by molar-refractivity contribution is 7.90. The van der Waals surface area contributed by atoms with E-state index in [0.29, 0.717) is 17.0 Å². The van der Waals surface area contributed by atoms with Crippen LogP contribution >= 0.6 is 0 Å². The van der Waals surface area contributed by atoms with Gasteiger partial charge in [0.25, 0.3) is 5.56 Å². The maximum absolute atomic E-state index is 11.8. The average molecular weight is 306 g/mol. The van der Waals surface area contributed by atoms with Crippen molar-refractivity contribution in [2.75, 3.05) is 13.4 Å². The third-order valence-corrected chi connectivity index (χ3v) is 3.92. The van der Waals surface area contributed by atoms with E-state index in [4.69, 9.17) is 4.74 Å². The Balaban J connectivity index is 2.52. The second kappa shape index (κ2) is 5.92. The Morgan fingerprint density at radius 1 is 1.19 bits per heavy atom. The molecule has 1 heterocycles. The highest BCUT2D eigenvalue weighted by Crippen LogP contribution is 2.27. The number of aromatic nitrogens is 2. The predicted octanol–water partition coefficient (Wildman–Crippen LogP) is 1.35. The Kier molecular flexibility index (Phi) is 4.23. The molecular weight excluding hydrogens is 292 g/mol. The summed E-state index contributed by atoms with van der Waals surface area (Å²) in [5, 5.41) is 6.13. The number of hydrogen-bond acceptors (Lipinski definition) is 5. The van der Waals surface area contributed by atoms with E-state index in [0.717, 1.165) is 6.26 Å².